The van der Waals surface area contributed by atoms with E-state index >= 15 is 0 Å². The van der Waals surface area contributed by atoms with E-state index in [4.69, 9.17) is 34.8 Å². The van der Waals surface area contributed by atoms with Crippen molar-refractivity contribution in [3.63, 3.8) is 0 Å². The first kappa shape index (κ1) is 32.7. The van der Waals surface area contributed by atoms with Crippen LogP contribution in [-0.2, 0) is 26.2 Å². The number of sulfonamides is 1. The minimum absolute atomic E-state index is 0.0234. The van der Waals surface area contributed by atoms with E-state index in [1.807, 2.05) is 13.8 Å². The Bertz CT molecular complexity index is 1500. The standard InChI is InChI=1S/C30H34Cl3N3O4S/c1-5-15-34-30(38)27(6-2)35(18-22-10-12-23(31)16-26(22)33)29(37)19-36(28-17-24(32)11-9-21(28)4)41(39,40)25-13-7-20(3)8-14-25/h7-14,16-17,27H,5-6,15,18-19H2,1-4H3,(H,34,38)/t27-/m1/s1. The van der Waals surface area contributed by atoms with Gasteiger partial charge in [-0.25, -0.2) is 8.42 Å². The summed E-state index contributed by atoms with van der Waals surface area (Å²) >= 11 is 18.8. The van der Waals surface area contributed by atoms with E-state index in [0.717, 1.165) is 16.3 Å². The van der Waals surface area contributed by atoms with Gasteiger partial charge in [-0.05, 0) is 74.2 Å². The predicted molar refractivity (Wildman–Crippen MR) is 166 cm³/mol. The molecule has 3 aromatic carbocycles. The van der Waals surface area contributed by atoms with Gasteiger partial charge in [0.05, 0.1) is 10.6 Å². The van der Waals surface area contributed by atoms with Crippen molar-refractivity contribution in [2.75, 3.05) is 17.4 Å². The van der Waals surface area contributed by atoms with E-state index in [1.54, 1.807) is 56.3 Å². The first-order chi connectivity index (χ1) is 19.4. The molecule has 11 heteroatoms. The maximum atomic E-state index is 14.2. The highest BCUT2D eigenvalue weighted by Crippen LogP contribution is 2.31. The van der Waals surface area contributed by atoms with Crippen molar-refractivity contribution in [3.8, 4) is 0 Å². The highest BCUT2D eigenvalue weighted by atomic mass is 35.5. The molecule has 3 aromatic rings. The Kier molecular flexibility index (Phi) is 11.5. The molecule has 0 radical (unpaired) electrons. The topological polar surface area (TPSA) is 86.8 Å². The predicted octanol–water partition coefficient (Wildman–Crippen LogP) is 6.79. The SMILES string of the molecule is CCCNC(=O)[C@@H](CC)N(Cc1ccc(Cl)cc1Cl)C(=O)CN(c1cc(Cl)ccc1C)S(=O)(=O)c1ccc(C)cc1. The lowest BCUT2D eigenvalue weighted by Gasteiger charge is -2.33. The zero-order valence-electron chi connectivity index (χ0n) is 23.5. The minimum Gasteiger partial charge on any atom is -0.354 e. The third-order valence-corrected chi connectivity index (χ3v) is 9.21. The molecule has 0 saturated heterocycles. The lowest BCUT2D eigenvalue weighted by molar-refractivity contribution is -0.140. The monoisotopic (exact) mass is 637 g/mol. The number of carbonyl (C=O) groups excluding carboxylic acids is 2. The van der Waals surface area contributed by atoms with Crippen LogP contribution in [0.5, 0.6) is 0 Å². The van der Waals surface area contributed by atoms with Crippen LogP contribution in [0.1, 0.15) is 43.4 Å². The number of anilines is 1. The largest absolute Gasteiger partial charge is 0.354 e. The number of benzene rings is 3. The minimum atomic E-state index is -4.21. The molecule has 0 bridgehead atoms. The summed E-state index contributed by atoms with van der Waals surface area (Å²) in [7, 11) is -4.21. The second kappa shape index (κ2) is 14.4. The first-order valence-electron chi connectivity index (χ1n) is 13.3. The summed E-state index contributed by atoms with van der Waals surface area (Å²) in [6, 6.07) is 15.3. The molecule has 0 spiro atoms. The fourth-order valence-electron chi connectivity index (χ4n) is 4.32. The molecule has 2 amide bonds. The number of nitrogens with zero attached hydrogens (tertiary/aromatic N) is 2. The van der Waals surface area contributed by atoms with Crippen LogP contribution < -0.4 is 9.62 Å². The molecule has 0 unspecified atom stereocenters. The summed E-state index contributed by atoms with van der Waals surface area (Å²) in [5, 5.41) is 3.93. The lowest BCUT2D eigenvalue weighted by Crippen LogP contribution is -2.52. The van der Waals surface area contributed by atoms with E-state index in [9.17, 15) is 18.0 Å². The van der Waals surface area contributed by atoms with E-state index in [0.29, 0.717) is 39.2 Å². The number of rotatable bonds is 12. The molecule has 0 saturated carbocycles. The van der Waals surface area contributed by atoms with Crippen molar-refractivity contribution >= 4 is 62.3 Å². The molecule has 220 valence electrons. The van der Waals surface area contributed by atoms with E-state index in [1.165, 1.54) is 23.1 Å². The van der Waals surface area contributed by atoms with Gasteiger partial charge in [-0.3, -0.25) is 13.9 Å². The molecule has 1 atom stereocenters. The van der Waals surface area contributed by atoms with Crippen molar-refractivity contribution in [1.82, 2.24) is 10.2 Å². The fraction of sp³-hybridized carbons (Fsp3) is 0.333. The van der Waals surface area contributed by atoms with Gasteiger partial charge >= 0.3 is 0 Å². The van der Waals surface area contributed by atoms with Crippen LogP contribution in [0.3, 0.4) is 0 Å². The third-order valence-electron chi connectivity index (χ3n) is 6.62. The van der Waals surface area contributed by atoms with Crippen LogP contribution in [0.15, 0.2) is 65.6 Å². The van der Waals surface area contributed by atoms with Crippen molar-refractivity contribution in [1.29, 1.82) is 0 Å². The third kappa shape index (κ3) is 8.16. The molecule has 0 aliphatic rings. The Morgan fingerprint density at radius 1 is 0.902 bits per heavy atom. The summed E-state index contributed by atoms with van der Waals surface area (Å²) in [5.41, 5.74) is 2.33. The number of amides is 2. The summed E-state index contributed by atoms with van der Waals surface area (Å²) in [6.45, 7) is 7.16. The first-order valence-corrected chi connectivity index (χ1v) is 15.8. The van der Waals surface area contributed by atoms with Crippen LogP contribution in [-0.4, -0.2) is 44.3 Å². The van der Waals surface area contributed by atoms with Crippen LogP contribution in [0.25, 0.3) is 0 Å². The summed E-state index contributed by atoms with van der Waals surface area (Å²) in [4.78, 5) is 28.8. The normalized spacial score (nSPS) is 12.1. The van der Waals surface area contributed by atoms with E-state index in [-0.39, 0.29) is 23.0 Å². The highest BCUT2D eigenvalue weighted by Gasteiger charge is 2.34. The average Bonchev–Trinajstić information content (AvgIpc) is 2.93. The van der Waals surface area contributed by atoms with Gasteiger partial charge in [-0.1, -0.05) is 78.5 Å². The molecule has 1 N–H and O–H groups in total. The molecule has 0 heterocycles. The molecule has 0 aliphatic heterocycles. The maximum Gasteiger partial charge on any atom is 0.264 e. The molecule has 0 aliphatic carbocycles. The summed E-state index contributed by atoms with van der Waals surface area (Å²) in [5.74, 6) is -0.913. The van der Waals surface area contributed by atoms with E-state index in [2.05, 4.69) is 5.32 Å². The molecule has 0 fully saturated rings. The Morgan fingerprint density at radius 2 is 1.54 bits per heavy atom. The Morgan fingerprint density at radius 3 is 2.15 bits per heavy atom. The number of nitrogens with one attached hydrogen (secondary N) is 1. The van der Waals surface area contributed by atoms with Crippen LogP contribution >= 0.6 is 34.8 Å². The van der Waals surface area contributed by atoms with Gasteiger partial charge in [0.2, 0.25) is 11.8 Å². The number of halogens is 3. The number of aryl methyl sites for hydroxylation is 2. The zero-order chi connectivity index (χ0) is 30.3. The Hall–Kier alpha value is -2.78. The number of hydrogen-bond donors (Lipinski definition) is 1. The van der Waals surface area contributed by atoms with Gasteiger partial charge in [-0.2, -0.15) is 0 Å². The summed E-state index contributed by atoms with van der Waals surface area (Å²) < 4.78 is 29.1. The second-order valence-electron chi connectivity index (χ2n) is 9.73. The van der Waals surface area contributed by atoms with Crippen molar-refractivity contribution in [3.05, 3.63) is 92.4 Å². The van der Waals surface area contributed by atoms with Crippen molar-refractivity contribution in [2.24, 2.45) is 0 Å². The van der Waals surface area contributed by atoms with Gasteiger partial charge < -0.3 is 10.2 Å². The zero-order valence-corrected chi connectivity index (χ0v) is 26.5. The van der Waals surface area contributed by atoms with Gasteiger partial charge in [0.1, 0.15) is 12.6 Å². The lowest BCUT2D eigenvalue weighted by atomic mass is 10.1. The molecule has 3 rings (SSSR count). The Labute approximate surface area is 257 Å². The van der Waals surface area contributed by atoms with Gasteiger partial charge in [0.15, 0.2) is 0 Å². The van der Waals surface area contributed by atoms with Crippen molar-refractivity contribution in [2.45, 2.75) is 58.0 Å². The van der Waals surface area contributed by atoms with Crippen LogP contribution in [0.4, 0.5) is 5.69 Å². The maximum absolute atomic E-state index is 14.2. The molecule has 41 heavy (non-hydrogen) atoms. The highest BCUT2D eigenvalue weighted by molar-refractivity contribution is 7.92. The second-order valence-corrected chi connectivity index (χ2v) is 12.9. The number of carbonyl (C=O) groups is 2. The van der Waals surface area contributed by atoms with Gasteiger partial charge in [-0.15, -0.1) is 0 Å². The molecule has 7 nitrogen and oxygen atoms in total. The van der Waals surface area contributed by atoms with Crippen LogP contribution in [0, 0.1) is 13.8 Å². The fourth-order valence-corrected chi connectivity index (χ4v) is 6.43. The van der Waals surface area contributed by atoms with Crippen LogP contribution in [0.2, 0.25) is 15.1 Å². The quantitative estimate of drug-likeness (QED) is 0.237. The number of hydrogen-bond acceptors (Lipinski definition) is 4. The van der Waals surface area contributed by atoms with Crippen molar-refractivity contribution < 1.29 is 18.0 Å². The molecule has 0 aromatic heterocycles. The molecular weight excluding hydrogens is 605 g/mol. The van der Waals surface area contributed by atoms with Gasteiger partial charge in [0.25, 0.3) is 10.0 Å². The van der Waals surface area contributed by atoms with Gasteiger partial charge in [0, 0.05) is 28.2 Å². The summed E-state index contributed by atoms with van der Waals surface area (Å²) in [6.07, 6.45) is 1.02. The smallest absolute Gasteiger partial charge is 0.264 e. The Balaban J connectivity index is 2.11. The molecular formula is C30H34Cl3N3O4S. The van der Waals surface area contributed by atoms with E-state index < -0.39 is 28.5 Å². The average molecular weight is 639 g/mol.